The van der Waals surface area contributed by atoms with Crippen LogP contribution in [0.4, 0.5) is 0 Å². The molecule has 1 aromatic carbocycles. The molecule has 0 aliphatic rings. The standard InChI is InChI=1S/C13H9Cl2N3/c14-11-7-12(15)18-13(17-11)10(8-16-18)6-9-4-2-1-3-5-9/h1-5,7-8H,6H2. The van der Waals surface area contributed by atoms with E-state index in [1.165, 1.54) is 5.56 Å². The smallest absolute Gasteiger partial charge is 0.161 e. The Morgan fingerprint density at radius 1 is 1.11 bits per heavy atom. The first-order valence-corrected chi connectivity index (χ1v) is 6.22. The second kappa shape index (κ2) is 4.59. The lowest BCUT2D eigenvalue weighted by atomic mass is 10.1. The van der Waals surface area contributed by atoms with Gasteiger partial charge in [-0.15, -0.1) is 0 Å². The van der Waals surface area contributed by atoms with Crippen LogP contribution in [0.2, 0.25) is 10.3 Å². The Bertz CT molecular complexity index is 692. The summed E-state index contributed by atoms with van der Waals surface area (Å²) in [5.41, 5.74) is 2.91. The second-order valence-electron chi connectivity index (χ2n) is 3.97. The number of hydrogen-bond acceptors (Lipinski definition) is 2. The summed E-state index contributed by atoms with van der Waals surface area (Å²) in [7, 11) is 0. The Morgan fingerprint density at radius 3 is 2.67 bits per heavy atom. The molecule has 90 valence electrons. The SMILES string of the molecule is Clc1cc(Cl)n2ncc(Cc3ccccc3)c2n1. The van der Waals surface area contributed by atoms with Crippen molar-refractivity contribution in [2.45, 2.75) is 6.42 Å². The van der Waals surface area contributed by atoms with Gasteiger partial charge in [-0.1, -0.05) is 53.5 Å². The monoisotopic (exact) mass is 277 g/mol. The van der Waals surface area contributed by atoms with Gasteiger partial charge >= 0.3 is 0 Å². The molecule has 0 amide bonds. The number of rotatable bonds is 2. The molecule has 2 heterocycles. The molecule has 3 nitrogen and oxygen atoms in total. The van der Waals surface area contributed by atoms with Crippen molar-refractivity contribution in [2.75, 3.05) is 0 Å². The van der Waals surface area contributed by atoms with Crippen molar-refractivity contribution in [3.05, 3.63) is 64.0 Å². The van der Waals surface area contributed by atoms with E-state index < -0.39 is 0 Å². The van der Waals surface area contributed by atoms with E-state index in [2.05, 4.69) is 22.2 Å². The van der Waals surface area contributed by atoms with Gasteiger partial charge in [-0.25, -0.2) is 9.50 Å². The third-order valence-corrected chi connectivity index (χ3v) is 3.17. The molecule has 0 saturated carbocycles. The van der Waals surface area contributed by atoms with E-state index in [0.29, 0.717) is 16.0 Å². The largest absolute Gasteiger partial charge is 0.216 e. The number of aromatic nitrogens is 3. The minimum absolute atomic E-state index is 0.377. The number of benzene rings is 1. The Kier molecular flexibility index (Phi) is 2.94. The summed E-state index contributed by atoms with van der Waals surface area (Å²) in [6.45, 7) is 0. The van der Waals surface area contributed by atoms with Crippen LogP contribution in [-0.4, -0.2) is 14.6 Å². The van der Waals surface area contributed by atoms with Gasteiger partial charge in [0.05, 0.1) is 6.20 Å². The summed E-state index contributed by atoms with van der Waals surface area (Å²) in [4.78, 5) is 4.27. The number of halogens is 2. The van der Waals surface area contributed by atoms with Gasteiger partial charge in [-0.2, -0.15) is 5.10 Å². The Hall–Kier alpha value is -1.58. The fraction of sp³-hybridized carbons (Fsp3) is 0.0769. The molecule has 0 saturated heterocycles. The van der Waals surface area contributed by atoms with Crippen LogP contribution in [0.25, 0.3) is 5.65 Å². The van der Waals surface area contributed by atoms with Gasteiger partial charge < -0.3 is 0 Å². The highest BCUT2D eigenvalue weighted by molar-refractivity contribution is 6.33. The lowest BCUT2D eigenvalue weighted by Crippen LogP contribution is -1.94. The van der Waals surface area contributed by atoms with Crippen molar-refractivity contribution in [2.24, 2.45) is 0 Å². The topological polar surface area (TPSA) is 30.2 Å². The zero-order chi connectivity index (χ0) is 12.5. The average Bonchev–Trinajstić information content (AvgIpc) is 2.74. The van der Waals surface area contributed by atoms with Crippen molar-refractivity contribution >= 4 is 28.8 Å². The Morgan fingerprint density at radius 2 is 1.89 bits per heavy atom. The highest BCUT2D eigenvalue weighted by atomic mass is 35.5. The molecule has 2 aromatic heterocycles. The van der Waals surface area contributed by atoms with Gasteiger partial charge in [-0.05, 0) is 5.56 Å². The van der Waals surface area contributed by atoms with Crippen LogP contribution in [0.3, 0.4) is 0 Å². The highest BCUT2D eigenvalue weighted by Gasteiger charge is 2.10. The minimum atomic E-state index is 0.377. The van der Waals surface area contributed by atoms with E-state index in [-0.39, 0.29) is 0 Å². The molecular weight excluding hydrogens is 269 g/mol. The summed E-state index contributed by atoms with van der Waals surface area (Å²) < 4.78 is 1.59. The van der Waals surface area contributed by atoms with Gasteiger partial charge in [-0.3, -0.25) is 0 Å². The molecule has 0 atom stereocenters. The van der Waals surface area contributed by atoms with E-state index >= 15 is 0 Å². The molecular formula is C13H9Cl2N3. The first-order chi connectivity index (χ1) is 8.74. The zero-order valence-corrected chi connectivity index (χ0v) is 10.9. The van der Waals surface area contributed by atoms with Crippen LogP contribution in [0.5, 0.6) is 0 Å². The summed E-state index contributed by atoms with van der Waals surface area (Å²) in [6, 6.07) is 11.7. The van der Waals surface area contributed by atoms with Crippen molar-refractivity contribution < 1.29 is 0 Å². The van der Waals surface area contributed by atoms with E-state index in [9.17, 15) is 0 Å². The summed E-state index contributed by atoms with van der Waals surface area (Å²) in [6.07, 6.45) is 2.53. The second-order valence-corrected chi connectivity index (χ2v) is 4.74. The molecule has 0 spiro atoms. The molecule has 0 radical (unpaired) electrons. The minimum Gasteiger partial charge on any atom is -0.216 e. The quantitative estimate of drug-likeness (QED) is 0.670. The van der Waals surface area contributed by atoms with E-state index in [4.69, 9.17) is 23.2 Å². The van der Waals surface area contributed by atoms with Gasteiger partial charge in [0.15, 0.2) is 5.65 Å². The fourth-order valence-corrected chi connectivity index (χ4v) is 2.35. The maximum atomic E-state index is 6.05. The third kappa shape index (κ3) is 2.07. The Balaban J connectivity index is 2.08. The summed E-state index contributed by atoms with van der Waals surface area (Å²) >= 11 is 12.0. The molecule has 3 aromatic rings. The summed E-state index contributed by atoms with van der Waals surface area (Å²) in [5, 5.41) is 5.06. The van der Waals surface area contributed by atoms with Crippen LogP contribution < -0.4 is 0 Å². The number of fused-ring (bicyclic) bond motifs is 1. The van der Waals surface area contributed by atoms with E-state index in [1.807, 2.05) is 18.2 Å². The highest BCUT2D eigenvalue weighted by Crippen LogP contribution is 2.20. The molecule has 0 unspecified atom stereocenters. The first kappa shape index (κ1) is 11.5. The van der Waals surface area contributed by atoms with E-state index in [1.54, 1.807) is 16.8 Å². The van der Waals surface area contributed by atoms with Gasteiger partial charge in [0.1, 0.15) is 10.3 Å². The molecule has 0 aliphatic carbocycles. The van der Waals surface area contributed by atoms with Crippen LogP contribution in [0.1, 0.15) is 11.1 Å². The number of hydrogen-bond donors (Lipinski definition) is 0. The van der Waals surface area contributed by atoms with Crippen molar-refractivity contribution in [3.8, 4) is 0 Å². The molecule has 0 bridgehead atoms. The predicted molar refractivity (Wildman–Crippen MR) is 72.3 cm³/mol. The Labute approximate surface area is 114 Å². The van der Waals surface area contributed by atoms with Crippen molar-refractivity contribution in [1.29, 1.82) is 0 Å². The molecule has 0 N–H and O–H groups in total. The number of nitrogens with zero attached hydrogens (tertiary/aromatic N) is 3. The van der Waals surface area contributed by atoms with Gasteiger partial charge in [0.25, 0.3) is 0 Å². The van der Waals surface area contributed by atoms with Crippen LogP contribution >= 0.6 is 23.2 Å². The zero-order valence-electron chi connectivity index (χ0n) is 9.35. The normalized spacial score (nSPS) is 11.0. The van der Waals surface area contributed by atoms with Gasteiger partial charge in [0, 0.05) is 18.1 Å². The molecule has 0 fully saturated rings. The molecule has 5 heteroatoms. The molecule has 18 heavy (non-hydrogen) atoms. The van der Waals surface area contributed by atoms with Crippen LogP contribution in [0.15, 0.2) is 42.6 Å². The van der Waals surface area contributed by atoms with E-state index in [0.717, 1.165) is 12.0 Å². The van der Waals surface area contributed by atoms with Gasteiger partial charge in [0.2, 0.25) is 0 Å². The predicted octanol–water partition coefficient (Wildman–Crippen LogP) is 3.63. The third-order valence-electron chi connectivity index (χ3n) is 2.71. The fourth-order valence-electron chi connectivity index (χ4n) is 1.88. The lowest BCUT2D eigenvalue weighted by Gasteiger charge is -2.01. The summed E-state index contributed by atoms with van der Waals surface area (Å²) in [5.74, 6) is 0. The van der Waals surface area contributed by atoms with Crippen molar-refractivity contribution in [3.63, 3.8) is 0 Å². The van der Waals surface area contributed by atoms with Crippen molar-refractivity contribution in [1.82, 2.24) is 14.6 Å². The van der Waals surface area contributed by atoms with Crippen LogP contribution in [0, 0.1) is 0 Å². The maximum absolute atomic E-state index is 6.05. The maximum Gasteiger partial charge on any atom is 0.161 e. The lowest BCUT2D eigenvalue weighted by molar-refractivity contribution is 0.940. The first-order valence-electron chi connectivity index (χ1n) is 5.46. The van der Waals surface area contributed by atoms with Crippen LogP contribution in [-0.2, 0) is 6.42 Å². The molecule has 0 aliphatic heterocycles. The molecule has 3 rings (SSSR count). The average molecular weight is 278 g/mol.